The molecule has 13 heavy (non-hydrogen) atoms. The number of esters is 1. The van der Waals surface area contributed by atoms with Crippen molar-refractivity contribution in [2.45, 2.75) is 46.1 Å². The smallest absolute Gasteiger partial charge is 0.322 e. The first-order valence-electron chi connectivity index (χ1n) is 5.00. The Morgan fingerprint density at radius 2 is 2.00 bits per heavy atom. The number of ether oxygens (including phenoxy) is 1. The number of carbonyl (C=O) groups is 1. The van der Waals surface area contributed by atoms with Crippen molar-refractivity contribution < 1.29 is 9.53 Å². The van der Waals surface area contributed by atoms with Crippen LogP contribution in [0.25, 0.3) is 0 Å². The molecule has 78 valence electrons. The Morgan fingerprint density at radius 3 is 2.46 bits per heavy atom. The van der Waals surface area contributed by atoms with Crippen LogP contribution in [0, 0.1) is 5.92 Å². The summed E-state index contributed by atoms with van der Waals surface area (Å²) >= 11 is 0. The van der Waals surface area contributed by atoms with Gasteiger partial charge in [0.1, 0.15) is 6.04 Å². The normalized spacial score (nSPS) is 13.0. The Labute approximate surface area is 80.6 Å². The fourth-order valence-corrected chi connectivity index (χ4v) is 0.931. The van der Waals surface area contributed by atoms with E-state index >= 15 is 0 Å². The van der Waals surface area contributed by atoms with E-state index in [9.17, 15) is 4.79 Å². The number of hydrogen-bond donors (Lipinski definition) is 1. The van der Waals surface area contributed by atoms with Gasteiger partial charge in [-0.3, -0.25) is 4.79 Å². The van der Waals surface area contributed by atoms with E-state index in [4.69, 9.17) is 10.5 Å². The molecule has 0 aliphatic carbocycles. The summed E-state index contributed by atoms with van der Waals surface area (Å²) in [5.74, 6) is 0.303. The number of carbonyl (C=O) groups excluding carboxylic acids is 1. The van der Waals surface area contributed by atoms with Crippen LogP contribution in [0.1, 0.15) is 40.0 Å². The van der Waals surface area contributed by atoms with Gasteiger partial charge in [0.2, 0.25) is 0 Å². The Morgan fingerprint density at radius 1 is 1.38 bits per heavy atom. The largest absolute Gasteiger partial charge is 0.465 e. The molecule has 0 unspecified atom stereocenters. The van der Waals surface area contributed by atoms with Crippen molar-refractivity contribution in [1.29, 1.82) is 0 Å². The Balaban J connectivity index is 3.50. The van der Waals surface area contributed by atoms with Gasteiger partial charge in [0.05, 0.1) is 6.61 Å². The lowest BCUT2D eigenvalue weighted by atomic mass is 10.1. The van der Waals surface area contributed by atoms with Gasteiger partial charge in [-0.1, -0.05) is 27.2 Å². The van der Waals surface area contributed by atoms with Crippen LogP contribution >= 0.6 is 0 Å². The molecule has 0 radical (unpaired) electrons. The Bertz CT molecular complexity index is 146. The molecule has 3 heteroatoms. The van der Waals surface area contributed by atoms with Crippen LogP contribution < -0.4 is 5.73 Å². The zero-order valence-electron chi connectivity index (χ0n) is 8.88. The lowest BCUT2D eigenvalue weighted by molar-refractivity contribution is -0.145. The highest BCUT2D eigenvalue weighted by Crippen LogP contribution is 2.01. The highest BCUT2D eigenvalue weighted by atomic mass is 16.5. The monoisotopic (exact) mass is 187 g/mol. The van der Waals surface area contributed by atoms with Gasteiger partial charge in [-0.2, -0.15) is 0 Å². The summed E-state index contributed by atoms with van der Waals surface area (Å²) in [6.45, 7) is 6.69. The van der Waals surface area contributed by atoms with Crippen LogP contribution in [0.3, 0.4) is 0 Å². The van der Waals surface area contributed by atoms with Gasteiger partial charge in [-0.15, -0.1) is 0 Å². The average Bonchev–Trinajstić information content (AvgIpc) is 2.04. The molecule has 0 aromatic heterocycles. The molecule has 0 aromatic carbocycles. The SMILES string of the molecule is CCC[C@@H](N)C(=O)OCCC(C)C. The quantitative estimate of drug-likeness (QED) is 0.644. The fourth-order valence-electron chi connectivity index (χ4n) is 0.931. The maximum absolute atomic E-state index is 11.2. The minimum Gasteiger partial charge on any atom is -0.465 e. The highest BCUT2D eigenvalue weighted by molar-refractivity contribution is 5.75. The van der Waals surface area contributed by atoms with E-state index in [-0.39, 0.29) is 5.97 Å². The molecule has 0 saturated carbocycles. The maximum atomic E-state index is 11.2. The fraction of sp³-hybridized carbons (Fsp3) is 0.900. The van der Waals surface area contributed by atoms with Gasteiger partial charge in [0, 0.05) is 0 Å². The van der Waals surface area contributed by atoms with Crippen LogP contribution in [0.4, 0.5) is 0 Å². The third kappa shape index (κ3) is 6.58. The van der Waals surface area contributed by atoms with Crippen molar-refractivity contribution >= 4 is 5.97 Å². The van der Waals surface area contributed by atoms with Crippen LogP contribution in [-0.4, -0.2) is 18.6 Å². The summed E-state index contributed by atoms with van der Waals surface area (Å²) < 4.78 is 5.00. The number of rotatable bonds is 6. The third-order valence-electron chi connectivity index (χ3n) is 1.84. The zero-order valence-corrected chi connectivity index (χ0v) is 8.88. The first kappa shape index (κ1) is 12.4. The van der Waals surface area contributed by atoms with Crippen LogP contribution in [0.2, 0.25) is 0 Å². The van der Waals surface area contributed by atoms with Crippen molar-refractivity contribution in [1.82, 2.24) is 0 Å². The summed E-state index contributed by atoms with van der Waals surface area (Å²) in [6, 6.07) is -0.433. The van der Waals surface area contributed by atoms with Gasteiger partial charge in [0.25, 0.3) is 0 Å². The van der Waals surface area contributed by atoms with E-state index < -0.39 is 6.04 Å². The molecule has 0 saturated heterocycles. The molecular weight excluding hydrogens is 166 g/mol. The minimum atomic E-state index is -0.433. The molecule has 0 spiro atoms. The average molecular weight is 187 g/mol. The first-order valence-corrected chi connectivity index (χ1v) is 5.00. The molecule has 0 heterocycles. The van der Waals surface area contributed by atoms with E-state index in [0.717, 1.165) is 12.8 Å². The molecule has 0 bridgehead atoms. The van der Waals surface area contributed by atoms with Crippen molar-refractivity contribution in [3.63, 3.8) is 0 Å². The minimum absolute atomic E-state index is 0.262. The lowest BCUT2D eigenvalue weighted by Gasteiger charge is -2.11. The van der Waals surface area contributed by atoms with Gasteiger partial charge < -0.3 is 10.5 Å². The first-order chi connectivity index (χ1) is 6.07. The summed E-state index contributed by atoms with van der Waals surface area (Å²) in [6.07, 6.45) is 2.53. The van der Waals surface area contributed by atoms with Crippen molar-refractivity contribution in [3.05, 3.63) is 0 Å². The molecule has 2 N–H and O–H groups in total. The standard InChI is InChI=1S/C10H21NO2/c1-4-5-9(11)10(12)13-7-6-8(2)3/h8-9H,4-7,11H2,1-3H3/t9-/m1/s1. The van der Waals surface area contributed by atoms with Crippen LogP contribution in [0.5, 0.6) is 0 Å². The molecule has 0 aliphatic heterocycles. The van der Waals surface area contributed by atoms with Gasteiger partial charge in [-0.25, -0.2) is 0 Å². The van der Waals surface area contributed by atoms with E-state index in [2.05, 4.69) is 13.8 Å². The van der Waals surface area contributed by atoms with E-state index in [1.54, 1.807) is 0 Å². The molecule has 1 atom stereocenters. The Hall–Kier alpha value is -0.570. The van der Waals surface area contributed by atoms with Gasteiger partial charge >= 0.3 is 5.97 Å². The van der Waals surface area contributed by atoms with E-state index in [1.165, 1.54) is 0 Å². The number of hydrogen-bond acceptors (Lipinski definition) is 3. The second-order valence-electron chi connectivity index (χ2n) is 3.75. The molecule has 3 nitrogen and oxygen atoms in total. The van der Waals surface area contributed by atoms with Crippen LogP contribution in [-0.2, 0) is 9.53 Å². The molecule has 0 fully saturated rings. The summed E-state index contributed by atoms with van der Waals surface area (Å²) in [7, 11) is 0. The molecule has 0 amide bonds. The van der Waals surface area contributed by atoms with Crippen molar-refractivity contribution in [2.75, 3.05) is 6.61 Å². The highest BCUT2D eigenvalue weighted by Gasteiger charge is 2.13. The topological polar surface area (TPSA) is 52.3 Å². The Kier molecular flexibility index (Phi) is 6.59. The summed E-state index contributed by atoms with van der Waals surface area (Å²) in [4.78, 5) is 11.2. The van der Waals surface area contributed by atoms with Crippen LogP contribution in [0.15, 0.2) is 0 Å². The molecular formula is C10H21NO2. The summed E-state index contributed by atoms with van der Waals surface area (Å²) in [5, 5.41) is 0. The maximum Gasteiger partial charge on any atom is 0.322 e. The van der Waals surface area contributed by atoms with Gasteiger partial charge in [0.15, 0.2) is 0 Å². The van der Waals surface area contributed by atoms with Crippen molar-refractivity contribution in [2.24, 2.45) is 11.7 Å². The van der Waals surface area contributed by atoms with Gasteiger partial charge in [-0.05, 0) is 18.8 Å². The zero-order chi connectivity index (χ0) is 10.3. The molecule has 0 aromatic rings. The van der Waals surface area contributed by atoms with Crippen molar-refractivity contribution in [3.8, 4) is 0 Å². The predicted molar refractivity (Wildman–Crippen MR) is 53.3 cm³/mol. The lowest BCUT2D eigenvalue weighted by Crippen LogP contribution is -2.32. The second-order valence-corrected chi connectivity index (χ2v) is 3.75. The predicted octanol–water partition coefficient (Wildman–Crippen LogP) is 1.70. The number of nitrogens with two attached hydrogens (primary N) is 1. The molecule has 0 rings (SSSR count). The second kappa shape index (κ2) is 6.89. The van der Waals surface area contributed by atoms with E-state index in [0.29, 0.717) is 18.9 Å². The third-order valence-corrected chi connectivity index (χ3v) is 1.84. The molecule has 0 aliphatic rings. The summed E-state index contributed by atoms with van der Waals surface area (Å²) in [5.41, 5.74) is 5.57. The van der Waals surface area contributed by atoms with E-state index in [1.807, 2.05) is 6.92 Å².